The van der Waals surface area contributed by atoms with E-state index in [1.165, 1.54) is 0 Å². The fourth-order valence-corrected chi connectivity index (χ4v) is 1.50. The topological polar surface area (TPSA) is 79.5 Å². The summed E-state index contributed by atoms with van der Waals surface area (Å²) in [5.41, 5.74) is 0.701. The van der Waals surface area contributed by atoms with Crippen LogP contribution in [0.5, 0.6) is 5.75 Å². The molecule has 0 aliphatic heterocycles. The maximum Gasteiger partial charge on any atom is 0.321 e. The number of benzene rings is 1. The van der Waals surface area contributed by atoms with Gasteiger partial charge in [-0.15, -0.1) is 0 Å². The summed E-state index contributed by atoms with van der Waals surface area (Å²) in [7, 11) is 1.56. The first-order valence-corrected chi connectivity index (χ1v) is 6.54. The predicted octanol–water partition coefficient (Wildman–Crippen LogP) is 1.73. The molecule has 1 atom stereocenters. The van der Waals surface area contributed by atoms with Crippen molar-refractivity contribution < 1.29 is 14.3 Å². The molecule has 0 spiro atoms. The number of amides is 3. The summed E-state index contributed by atoms with van der Waals surface area (Å²) in [6, 6.07) is 6.81. The van der Waals surface area contributed by atoms with Crippen LogP contribution in [0.1, 0.15) is 20.3 Å². The minimum atomic E-state index is -0.480. The molecule has 1 rings (SSSR count). The van der Waals surface area contributed by atoms with Crippen LogP contribution < -0.4 is 20.7 Å². The molecule has 0 radical (unpaired) electrons. The van der Waals surface area contributed by atoms with E-state index < -0.39 is 11.9 Å². The Morgan fingerprint density at radius 1 is 1.30 bits per heavy atom. The van der Waals surface area contributed by atoms with Crippen LogP contribution in [-0.4, -0.2) is 31.6 Å². The lowest BCUT2D eigenvalue weighted by Gasteiger charge is -2.13. The van der Waals surface area contributed by atoms with Crippen molar-refractivity contribution in [2.45, 2.75) is 26.3 Å². The summed E-state index contributed by atoms with van der Waals surface area (Å²) in [5.74, 6) is 0.237. The molecule has 3 N–H and O–H groups in total. The Morgan fingerprint density at radius 3 is 2.65 bits per heavy atom. The molecule has 6 heteroatoms. The highest BCUT2D eigenvalue weighted by molar-refractivity contribution is 5.96. The summed E-state index contributed by atoms with van der Waals surface area (Å²) >= 11 is 0. The standard InChI is InChI=1S/C14H21N3O3/c1-4-10(2)16-14(19)17-13(18)9-15-11-7-5-6-8-12(11)20-3/h5-8,10,15H,4,9H2,1-3H3,(H2,16,17,18,19)/t10-/m1/s1. The molecule has 110 valence electrons. The van der Waals surface area contributed by atoms with Gasteiger partial charge in [-0.25, -0.2) is 4.79 Å². The van der Waals surface area contributed by atoms with Gasteiger partial charge in [-0.2, -0.15) is 0 Å². The molecule has 3 amide bonds. The number of hydrogen-bond acceptors (Lipinski definition) is 4. The Bertz CT molecular complexity index is 463. The van der Waals surface area contributed by atoms with Gasteiger partial charge in [-0.1, -0.05) is 19.1 Å². The van der Waals surface area contributed by atoms with Gasteiger partial charge in [-0.05, 0) is 25.5 Å². The minimum Gasteiger partial charge on any atom is -0.495 e. The van der Waals surface area contributed by atoms with Gasteiger partial charge in [0.15, 0.2) is 0 Å². The number of para-hydroxylation sites is 2. The van der Waals surface area contributed by atoms with Crippen LogP contribution in [-0.2, 0) is 4.79 Å². The SMILES string of the molecule is CC[C@@H](C)NC(=O)NC(=O)CNc1ccccc1OC. The molecule has 0 unspecified atom stereocenters. The number of ether oxygens (including phenoxy) is 1. The first kappa shape index (κ1) is 15.8. The van der Waals surface area contributed by atoms with E-state index in [1.54, 1.807) is 19.2 Å². The second kappa shape index (κ2) is 8.04. The maximum absolute atomic E-state index is 11.6. The average molecular weight is 279 g/mol. The lowest BCUT2D eigenvalue weighted by Crippen LogP contribution is -2.45. The fourth-order valence-electron chi connectivity index (χ4n) is 1.50. The number of carbonyl (C=O) groups is 2. The molecular weight excluding hydrogens is 258 g/mol. The molecule has 6 nitrogen and oxygen atoms in total. The molecule has 0 saturated carbocycles. The third kappa shape index (κ3) is 5.17. The quantitative estimate of drug-likeness (QED) is 0.741. The number of hydrogen-bond donors (Lipinski definition) is 3. The fraction of sp³-hybridized carbons (Fsp3) is 0.429. The van der Waals surface area contributed by atoms with Crippen LogP contribution in [0, 0.1) is 0 Å². The van der Waals surface area contributed by atoms with E-state index in [4.69, 9.17) is 4.74 Å². The first-order chi connectivity index (χ1) is 9.56. The molecule has 0 fully saturated rings. The second-order valence-corrected chi connectivity index (χ2v) is 4.38. The third-order valence-corrected chi connectivity index (χ3v) is 2.79. The summed E-state index contributed by atoms with van der Waals surface area (Å²) in [5, 5.41) is 7.84. The van der Waals surface area contributed by atoms with Crippen molar-refractivity contribution >= 4 is 17.6 Å². The monoisotopic (exact) mass is 279 g/mol. The molecular formula is C14H21N3O3. The van der Waals surface area contributed by atoms with Crippen LogP contribution in [0.2, 0.25) is 0 Å². The van der Waals surface area contributed by atoms with E-state index in [1.807, 2.05) is 26.0 Å². The van der Waals surface area contributed by atoms with E-state index in [0.29, 0.717) is 11.4 Å². The Morgan fingerprint density at radius 2 is 2.00 bits per heavy atom. The zero-order valence-corrected chi connectivity index (χ0v) is 12.0. The molecule has 20 heavy (non-hydrogen) atoms. The summed E-state index contributed by atoms with van der Waals surface area (Å²) < 4.78 is 5.15. The van der Waals surface area contributed by atoms with Crippen LogP contribution in [0.3, 0.4) is 0 Å². The number of carbonyl (C=O) groups excluding carboxylic acids is 2. The molecule has 0 aromatic heterocycles. The van der Waals surface area contributed by atoms with E-state index in [9.17, 15) is 9.59 Å². The van der Waals surface area contributed by atoms with Gasteiger partial charge in [-0.3, -0.25) is 10.1 Å². The normalized spacial score (nSPS) is 11.3. The summed E-state index contributed by atoms with van der Waals surface area (Å²) in [6.07, 6.45) is 0.807. The van der Waals surface area contributed by atoms with E-state index >= 15 is 0 Å². The van der Waals surface area contributed by atoms with Crippen molar-refractivity contribution in [2.75, 3.05) is 19.0 Å². The van der Waals surface area contributed by atoms with E-state index in [2.05, 4.69) is 16.0 Å². The number of anilines is 1. The summed E-state index contributed by atoms with van der Waals surface area (Å²) in [6.45, 7) is 3.82. The first-order valence-electron chi connectivity index (χ1n) is 6.54. The van der Waals surface area contributed by atoms with Gasteiger partial charge < -0.3 is 15.4 Å². The van der Waals surface area contributed by atoms with Gasteiger partial charge in [0.25, 0.3) is 0 Å². The van der Waals surface area contributed by atoms with Gasteiger partial charge in [0, 0.05) is 6.04 Å². The van der Waals surface area contributed by atoms with Crippen molar-refractivity contribution in [3.63, 3.8) is 0 Å². The van der Waals surface area contributed by atoms with E-state index in [-0.39, 0.29) is 12.6 Å². The Hall–Kier alpha value is -2.24. The molecule has 0 aliphatic carbocycles. The number of urea groups is 1. The zero-order chi connectivity index (χ0) is 15.0. The van der Waals surface area contributed by atoms with Crippen LogP contribution in [0.15, 0.2) is 24.3 Å². The average Bonchev–Trinajstić information content (AvgIpc) is 2.45. The summed E-state index contributed by atoms with van der Waals surface area (Å²) in [4.78, 5) is 23.1. The van der Waals surface area contributed by atoms with Crippen molar-refractivity contribution in [3.05, 3.63) is 24.3 Å². The van der Waals surface area contributed by atoms with Gasteiger partial charge >= 0.3 is 6.03 Å². The van der Waals surface area contributed by atoms with Crippen molar-refractivity contribution in [3.8, 4) is 5.75 Å². The Kier molecular flexibility index (Phi) is 6.36. The Labute approximate surface area is 118 Å². The molecule has 0 heterocycles. The van der Waals surface area contributed by atoms with Crippen molar-refractivity contribution in [1.29, 1.82) is 0 Å². The number of imide groups is 1. The second-order valence-electron chi connectivity index (χ2n) is 4.38. The maximum atomic E-state index is 11.6. The highest BCUT2D eigenvalue weighted by Crippen LogP contribution is 2.22. The smallest absolute Gasteiger partial charge is 0.321 e. The van der Waals surface area contributed by atoms with Crippen LogP contribution >= 0.6 is 0 Å². The molecule has 1 aromatic rings. The van der Waals surface area contributed by atoms with Gasteiger partial charge in [0.05, 0.1) is 19.3 Å². The minimum absolute atomic E-state index is 0.00566. The number of methoxy groups -OCH3 is 1. The van der Waals surface area contributed by atoms with Crippen molar-refractivity contribution in [2.24, 2.45) is 0 Å². The molecule has 0 bridgehead atoms. The Balaban J connectivity index is 2.41. The van der Waals surface area contributed by atoms with Gasteiger partial charge in [0.1, 0.15) is 5.75 Å². The van der Waals surface area contributed by atoms with Gasteiger partial charge in [0.2, 0.25) is 5.91 Å². The van der Waals surface area contributed by atoms with Crippen LogP contribution in [0.25, 0.3) is 0 Å². The lowest BCUT2D eigenvalue weighted by molar-refractivity contribution is -0.118. The number of rotatable bonds is 6. The number of nitrogens with one attached hydrogen (secondary N) is 3. The van der Waals surface area contributed by atoms with Crippen LogP contribution in [0.4, 0.5) is 10.5 Å². The largest absolute Gasteiger partial charge is 0.495 e. The predicted molar refractivity (Wildman–Crippen MR) is 77.9 cm³/mol. The molecule has 0 aliphatic rings. The van der Waals surface area contributed by atoms with Crippen molar-refractivity contribution in [1.82, 2.24) is 10.6 Å². The highest BCUT2D eigenvalue weighted by atomic mass is 16.5. The lowest BCUT2D eigenvalue weighted by atomic mass is 10.3. The molecule has 0 saturated heterocycles. The highest BCUT2D eigenvalue weighted by Gasteiger charge is 2.10. The molecule has 1 aromatic carbocycles. The third-order valence-electron chi connectivity index (χ3n) is 2.79. The zero-order valence-electron chi connectivity index (χ0n) is 12.0. The van der Waals surface area contributed by atoms with E-state index in [0.717, 1.165) is 6.42 Å².